The maximum absolute atomic E-state index is 11.9. The van der Waals surface area contributed by atoms with Gasteiger partial charge >= 0.3 is 12.0 Å². The van der Waals surface area contributed by atoms with Crippen LogP contribution < -0.4 is 5.32 Å². The van der Waals surface area contributed by atoms with Crippen molar-refractivity contribution in [3.05, 3.63) is 0 Å². The molecule has 6 nitrogen and oxygen atoms in total. The van der Waals surface area contributed by atoms with E-state index in [1.807, 2.05) is 4.90 Å². The Kier molecular flexibility index (Phi) is 2.89. The van der Waals surface area contributed by atoms with Crippen molar-refractivity contribution in [2.45, 2.75) is 24.9 Å². The molecule has 2 saturated heterocycles. The van der Waals surface area contributed by atoms with Gasteiger partial charge in [0.2, 0.25) is 0 Å². The minimum atomic E-state index is -0.122. The van der Waals surface area contributed by atoms with Crippen molar-refractivity contribution in [2.75, 3.05) is 33.3 Å². The Labute approximate surface area is 106 Å². The predicted octanol–water partition coefficient (Wildman–Crippen LogP) is -0.353. The first-order valence-corrected chi connectivity index (χ1v) is 6.57. The maximum Gasteiger partial charge on any atom is 0.323 e. The molecule has 1 saturated carbocycles. The van der Waals surface area contributed by atoms with Crippen LogP contribution in [0.15, 0.2) is 0 Å². The maximum atomic E-state index is 11.9. The Morgan fingerprint density at radius 1 is 1.44 bits per heavy atom. The van der Waals surface area contributed by atoms with Gasteiger partial charge in [0, 0.05) is 26.2 Å². The molecular formula is C12H19N3O3. The molecule has 1 aliphatic carbocycles. The summed E-state index contributed by atoms with van der Waals surface area (Å²) in [4.78, 5) is 27.5. The van der Waals surface area contributed by atoms with E-state index in [1.54, 1.807) is 0 Å². The number of nitrogens with one attached hydrogen (secondary N) is 1. The van der Waals surface area contributed by atoms with Gasteiger partial charge in [-0.05, 0) is 18.8 Å². The van der Waals surface area contributed by atoms with Crippen LogP contribution in [0.25, 0.3) is 0 Å². The molecule has 0 aromatic heterocycles. The first-order chi connectivity index (χ1) is 8.70. The number of rotatable bonds is 3. The summed E-state index contributed by atoms with van der Waals surface area (Å²) >= 11 is 0. The Morgan fingerprint density at radius 3 is 2.89 bits per heavy atom. The fraction of sp³-hybridized carbons (Fsp3) is 0.833. The van der Waals surface area contributed by atoms with Crippen LogP contribution in [0, 0.1) is 5.92 Å². The molecule has 2 unspecified atom stereocenters. The van der Waals surface area contributed by atoms with Crippen LogP contribution >= 0.6 is 0 Å². The molecule has 1 N–H and O–H groups in total. The number of hydrogen-bond donors (Lipinski definition) is 1. The van der Waals surface area contributed by atoms with Crippen LogP contribution in [0.3, 0.4) is 0 Å². The van der Waals surface area contributed by atoms with Gasteiger partial charge in [0.05, 0.1) is 13.2 Å². The van der Waals surface area contributed by atoms with E-state index in [1.165, 1.54) is 7.11 Å². The van der Waals surface area contributed by atoms with Crippen molar-refractivity contribution in [3.8, 4) is 0 Å². The molecule has 0 aromatic carbocycles. The third-order valence-electron chi connectivity index (χ3n) is 4.17. The van der Waals surface area contributed by atoms with Crippen LogP contribution in [0.5, 0.6) is 0 Å². The molecule has 0 bridgehead atoms. The lowest BCUT2D eigenvalue weighted by atomic mass is 10.1. The van der Waals surface area contributed by atoms with E-state index >= 15 is 0 Å². The molecule has 3 fully saturated rings. The zero-order chi connectivity index (χ0) is 12.7. The molecule has 6 heteroatoms. The largest absolute Gasteiger partial charge is 0.468 e. The number of fused-ring (bicyclic) bond motifs is 1. The van der Waals surface area contributed by atoms with Crippen LogP contribution in [0.2, 0.25) is 0 Å². The Balaban J connectivity index is 1.69. The molecule has 0 spiro atoms. The van der Waals surface area contributed by atoms with Gasteiger partial charge in [0.25, 0.3) is 0 Å². The smallest absolute Gasteiger partial charge is 0.323 e. The zero-order valence-electron chi connectivity index (χ0n) is 10.6. The predicted molar refractivity (Wildman–Crippen MR) is 64.0 cm³/mol. The summed E-state index contributed by atoms with van der Waals surface area (Å²) in [6, 6.07) is 0.130. The van der Waals surface area contributed by atoms with E-state index in [4.69, 9.17) is 4.74 Å². The van der Waals surface area contributed by atoms with Gasteiger partial charge in [-0.3, -0.25) is 9.69 Å². The lowest BCUT2D eigenvalue weighted by molar-refractivity contribution is -0.148. The van der Waals surface area contributed by atoms with Gasteiger partial charge in [0.15, 0.2) is 0 Å². The topological polar surface area (TPSA) is 61.9 Å². The monoisotopic (exact) mass is 253 g/mol. The lowest BCUT2D eigenvalue weighted by Gasteiger charge is -2.39. The van der Waals surface area contributed by atoms with Crippen molar-refractivity contribution in [1.29, 1.82) is 0 Å². The van der Waals surface area contributed by atoms with E-state index in [0.29, 0.717) is 19.0 Å². The second-order valence-corrected chi connectivity index (χ2v) is 5.33. The summed E-state index contributed by atoms with van der Waals surface area (Å²) in [5, 5.41) is 2.85. The van der Waals surface area contributed by atoms with E-state index < -0.39 is 0 Å². The minimum absolute atomic E-state index is 0.0284. The Morgan fingerprint density at radius 2 is 2.22 bits per heavy atom. The van der Waals surface area contributed by atoms with Gasteiger partial charge in [0.1, 0.15) is 6.04 Å². The van der Waals surface area contributed by atoms with Gasteiger partial charge in [-0.25, -0.2) is 4.79 Å². The average Bonchev–Trinajstić information content (AvgIpc) is 3.14. The number of piperazine rings is 1. The molecule has 3 aliphatic rings. The number of ether oxygens (including phenoxy) is 1. The van der Waals surface area contributed by atoms with Crippen molar-refractivity contribution in [1.82, 2.24) is 15.1 Å². The first kappa shape index (κ1) is 11.8. The number of urea groups is 1. The van der Waals surface area contributed by atoms with E-state index in [0.717, 1.165) is 25.9 Å². The number of esters is 1. The second kappa shape index (κ2) is 4.42. The average molecular weight is 253 g/mol. The van der Waals surface area contributed by atoms with Gasteiger partial charge in [-0.1, -0.05) is 0 Å². The second-order valence-electron chi connectivity index (χ2n) is 5.33. The van der Waals surface area contributed by atoms with Crippen molar-refractivity contribution in [2.24, 2.45) is 5.92 Å². The number of hydrogen-bond acceptors (Lipinski definition) is 4. The third kappa shape index (κ3) is 1.94. The van der Waals surface area contributed by atoms with Crippen LogP contribution in [-0.2, 0) is 9.53 Å². The van der Waals surface area contributed by atoms with Gasteiger partial charge in [-0.2, -0.15) is 0 Å². The highest BCUT2D eigenvalue weighted by molar-refractivity contribution is 5.78. The standard InChI is InChI=1S/C12H19N3O3/c1-18-11(16)10(8-2-3-8)14-4-5-15-9(7-14)6-13-12(15)17/h8-10H,2-7H2,1H3,(H,13,17). The van der Waals surface area contributed by atoms with E-state index in [2.05, 4.69) is 10.2 Å². The number of carbonyl (C=O) groups is 2. The fourth-order valence-electron chi connectivity index (χ4n) is 3.05. The summed E-state index contributed by atoms with van der Waals surface area (Å²) in [5.41, 5.74) is 0. The Hall–Kier alpha value is -1.30. The Bertz CT molecular complexity index is 370. The summed E-state index contributed by atoms with van der Waals surface area (Å²) in [6.07, 6.45) is 2.23. The molecule has 100 valence electrons. The molecular weight excluding hydrogens is 234 g/mol. The van der Waals surface area contributed by atoms with Crippen molar-refractivity contribution >= 4 is 12.0 Å². The summed E-state index contributed by atoms with van der Waals surface area (Å²) < 4.78 is 4.92. The first-order valence-electron chi connectivity index (χ1n) is 6.57. The summed E-state index contributed by atoms with van der Waals surface area (Å²) in [7, 11) is 1.45. The van der Waals surface area contributed by atoms with E-state index in [-0.39, 0.29) is 24.1 Å². The lowest BCUT2D eigenvalue weighted by Crippen LogP contribution is -2.57. The highest BCUT2D eigenvalue weighted by Crippen LogP contribution is 2.36. The quantitative estimate of drug-likeness (QED) is 0.698. The van der Waals surface area contributed by atoms with Crippen molar-refractivity contribution < 1.29 is 14.3 Å². The third-order valence-corrected chi connectivity index (χ3v) is 4.17. The molecule has 2 atom stereocenters. The fourth-order valence-corrected chi connectivity index (χ4v) is 3.05. The highest BCUT2D eigenvalue weighted by Gasteiger charge is 2.45. The molecule has 0 aromatic rings. The number of amides is 2. The molecule has 2 heterocycles. The molecule has 2 amide bonds. The van der Waals surface area contributed by atoms with E-state index in [9.17, 15) is 9.59 Å². The number of methoxy groups -OCH3 is 1. The van der Waals surface area contributed by atoms with Gasteiger partial charge < -0.3 is 15.0 Å². The molecule has 2 aliphatic heterocycles. The van der Waals surface area contributed by atoms with Gasteiger partial charge in [-0.15, -0.1) is 0 Å². The zero-order valence-corrected chi connectivity index (χ0v) is 10.6. The number of nitrogens with zero attached hydrogens (tertiary/aromatic N) is 2. The molecule has 0 radical (unpaired) electrons. The van der Waals surface area contributed by atoms with Crippen LogP contribution in [0.4, 0.5) is 4.79 Å². The normalized spacial score (nSPS) is 29.7. The summed E-state index contributed by atoms with van der Waals surface area (Å²) in [5.74, 6) is 0.331. The summed E-state index contributed by atoms with van der Waals surface area (Å²) in [6.45, 7) is 2.93. The number of carbonyl (C=O) groups excluding carboxylic acids is 2. The molecule has 3 rings (SSSR count). The SMILES string of the molecule is COC(=O)C(C1CC1)N1CCN2C(=O)NCC2C1. The molecule has 18 heavy (non-hydrogen) atoms. The van der Waals surface area contributed by atoms with Crippen LogP contribution in [0.1, 0.15) is 12.8 Å². The highest BCUT2D eigenvalue weighted by atomic mass is 16.5. The van der Waals surface area contributed by atoms with Crippen molar-refractivity contribution in [3.63, 3.8) is 0 Å². The van der Waals surface area contributed by atoms with Crippen LogP contribution in [-0.4, -0.2) is 67.2 Å². The minimum Gasteiger partial charge on any atom is -0.468 e.